The number of hydrogen-bond donors (Lipinski definition) is 0. The molecule has 0 aliphatic rings. The highest BCUT2D eigenvalue weighted by molar-refractivity contribution is 6.17. The van der Waals surface area contributed by atoms with Gasteiger partial charge >= 0.3 is 0 Å². The molecule has 3 nitrogen and oxygen atoms in total. The normalized spacial score (nSPS) is 11.9. The molecule has 0 N–H and O–H groups in total. The van der Waals surface area contributed by atoms with Gasteiger partial charge in [-0.3, -0.25) is 0 Å². The van der Waals surface area contributed by atoms with Crippen LogP contribution in [0, 0.1) is 0 Å². The maximum atomic E-state index is 2.46. The van der Waals surface area contributed by atoms with E-state index in [1.165, 1.54) is 60.4 Å². The highest BCUT2D eigenvalue weighted by atomic mass is 15.0. The smallest absolute Gasteiger partial charge is 0.0809 e. The molecule has 0 saturated heterocycles. The van der Waals surface area contributed by atoms with Gasteiger partial charge in [0.25, 0.3) is 0 Å². The van der Waals surface area contributed by atoms with Crippen molar-refractivity contribution < 1.29 is 0 Å². The molecular weight excluding hydrogens is 498 g/mol. The number of pyridine rings is 1. The number of hydrogen-bond acceptors (Lipinski definition) is 0. The summed E-state index contributed by atoms with van der Waals surface area (Å²) in [5.74, 6) is 0. The number of nitrogens with zero attached hydrogens (tertiary/aromatic N) is 3. The van der Waals surface area contributed by atoms with Gasteiger partial charge in [0.15, 0.2) is 0 Å². The summed E-state index contributed by atoms with van der Waals surface area (Å²) in [5, 5.41) is 3.79. The molecule has 0 fully saturated rings. The van der Waals surface area contributed by atoms with E-state index in [-0.39, 0.29) is 0 Å². The minimum atomic E-state index is 1.14. The zero-order chi connectivity index (χ0) is 26.9. The average molecular weight is 524 g/mol. The maximum Gasteiger partial charge on any atom is 0.0809 e. The van der Waals surface area contributed by atoms with Gasteiger partial charge < -0.3 is 13.5 Å². The van der Waals surface area contributed by atoms with Gasteiger partial charge in [-0.1, -0.05) is 97.1 Å². The van der Waals surface area contributed by atoms with E-state index in [0.29, 0.717) is 0 Å². The first-order chi connectivity index (χ1) is 20.4. The summed E-state index contributed by atoms with van der Waals surface area (Å²) >= 11 is 0. The van der Waals surface area contributed by atoms with E-state index in [2.05, 4.69) is 165 Å². The second-order valence-electron chi connectivity index (χ2n) is 10.6. The number of fused-ring (bicyclic) bond motifs is 8. The van der Waals surface area contributed by atoms with Crippen LogP contribution in [0.15, 0.2) is 152 Å². The van der Waals surface area contributed by atoms with Crippen molar-refractivity contribution in [1.29, 1.82) is 0 Å². The van der Waals surface area contributed by atoms with E-state index >= 15 is 0 Å². The predicted octanol–water partition coefficient (Wildman–Crippen LogP) is 9.80. The Bertz CT molecular complexity index is 2360. The maximum absolute atomic E-state index is 2.46. The van der Waals surface area contributed by atoms with E-state index < -0.39 is 0 Å². The molecule has 0 aliphatic carbocycles. The third-order valence-corrected chi connectivity index (χ3v) is 8.43. The van der Waals surface area contributed by atoms with E-state index in [4.69, 9.17) is 0 Å². The summed E-state index contributed by atoms with van der Waals surface area (Å²) in [4.78, 5) is 0. The first-order valence-electron chi connectivity index (χ1n) is 14.0. The van der Waals surface area contributed by atoms with E-state index in [1.807, 2.05) is 0 Å². The lowest BCUT2D eigenvalue weighted by Crippen LogP contribution is -1.99. The molecule has 41 heavy (non-hydrogen) atoms. The van der Waals surface area contributed by atoms with Crippen molar-refractivity contribution in [3.05, 3.63) is 152 Å². The summed E-state index contributed by atoms with van der Waals surface area (Å²) in [6, 6.07) is 52.4. The van der Waals surface area contributed by atoms with Crippen LogP contribution in [-0.2, 0) is 0 Å². The lowest BCUT2D eigenvalue weighted by molar-refractivity contribution is 1.13. The van der Waals surface area contributed by atoms with Crippen LogP contribution < -0.4 is 0 Å². The summed E-state index contributed by atoms with van der Waals surface area (Å²) < 4.78 is 7.20. The molecule has 9 rings (SSSR count). The van der Waals surface area contributed by atoms with Crippen molar-refractivity contribution in [3.8, 4) is 22.5 Å². The van der Waals surface area contributed by atoms with Gasteiger partial charge in [-0.2, -0.15) is 0 Å². The fraction of sp³-hybridized carbons (Fsp3) is 0. The minimum absolute atomic E-state index is 1.14. The molecule has 9 aromatic rings. The van der Waals surface area contributed by atoms with Gasteiger partial charge in [0.2, 0.25) is 0 Å². The minimum Gasteiger partial charge on any atom is -0.314 e. The van der Waals surface area contributed by atoms with Gasteiger partial charge in [-0.15, -0.1) is 0 Å². The van der Waals surface area contributed by atoms with Crippen LogP contribution in [-0.4, -0.2) is 13.5 Å². The fourth-order valence-corrected chi connectivity index (χ4v) is 6.79. The molecule has 4 aromatic heterocycles. The largest absolute Gasteiger partial charge is 0.314 e. The molecule has 3 heteroatoms. The molecule has 0 spiro atoms. The fourth-order valence-electron chi connectivity index (χ4n) is 6.79. The van der Waals surface area contributed by atoms with Crippen molar-refractivity contribution in [3.63, 3.8) is 0 Å². The zero-order valence-electron chi connectivity index (χ0n) is 22.3. The lowest BCUT2D eigenvalue weighted by Gasteiger charge is -2.13. The number of aromatic nitrogens is 3. The predicted molar refractivity (Wildman–Crippen MR) is 172 cm³/mol. The first-order valence-corrected chi connectivity index (χ1v) is 14.0. The molecule has 192 valence electrons. The van der Waals surface area contributed by atoms with Crippen LogP contribution in [0.3, 0.4) is 0 Å². The summed E-state index contributed by atoms with van der Waals surface area (Å²) in [6.07, 6.45) is 2.19. The van der Waals surface area contributed by atoms with Crippen LogP contribution in [0.4, 0.5) is 0 Å². The molecule has 0 atom stereocenters. The zero-order valence-corrected chi connectivity index (χ0v) is 22.3. The van der Waals surface area contributed by atoms with E-state index in [0.717, 1.165) is 11.4 Å². The van der Waals surface area contributed by atoms with Crippen molar-refractivity contribution >= 4 is 49.3 Å². The van der Waals surface area contributed by atoms with Crippen molar-refractivity contribution in [1.82, 2.24) is 13.5 Å². The molecular formula is C38H25N3. The quantitative estimate of drug-likeness (QED) is 0.219. The van der Waals surface area contributed by atoms with Gasteiger partial charge in [0, 0.05) is 39.3 Å². The second-order valence-corrected chi connectivity index (χ2v) is 10.6. The standard InChI is InChI=1S/C38H25N3/c1-2-13-26(14-3-1)36-35-23-10-11-24-39(35)37-31-19-6-9-22-34(31)41(38(36)37)28-16-12-15-27(25-28)40-32-20-7-4-17-29(32)30-18-5-8-21-33(30)40/h1-25H. The van der Waals surface area contributed by atoms with Crippen molar-refractivity contribution in [2.75, 3.05) is 0 Å². The number of rotatable bonds is 3. The third kappa shape index (κ3) is 3.09. The van der Waals surface area contributed by atoms with Crippen LogP contribution in [0.5, 0.6) is 0 Å². The molecule has 0 bridgehead atoms. The Labute approximate surface area is 236 Å². The number of para-hydroxylation sites is 3. The Kier molecular flexibility index (Phi) is 4.61. The third-order valence-electron chi connectivity index (χ3n) is 8.43. The van der Waals surface area contributed by atoms with Gasteiger partial charge in [-0.05, 0) is 54.1 Å². The topological polar surface area (TPSA) is 14.3 Å². The molecule has 0 amide bonds. The lowest BCUT2D eigenvalue weighted by atomic mass is 10.1. The van der Waals surface area contributed by atoms with Gasteiger partial charge in [0.1, 0.15) is 0 Å². The average Bonchev–Trinajstić information content (AvgIpc) is 3.67. The number of benzene rings is 5. The van der Waals surface area contributed by atoms with Gasteiger partial charge in [0.05, 0.1) is 33.1 Å². The Balaban J connectivity index is 1.41. The van der Waals surface area contributed by atoms with Crippen LogP contribution >= 0.6 is 0 Å². The molecule has 5 aromatic carbocycles. The Morgan fingerprint density at radius 1 is 0.366 bits per heavy atom. The summed E-state index contributed by atoms with van der Waals surface area (Å²) in [5.41, 5.74) is 12.1. The van der Waals surface area contributed by atoms with E-state index in [9.17, 15) is 0 Å². The Morgan fingerprint density at radius 3 is 1.61 bits per heavy atom. The van der Waals surface area contributed by atoms with Gasteiger partial charge in [-0.25, -0.2) is 0 Å². The Hall–Kier alpha value is -5.54. The monoisotopic (exact) mass is 523 g/mol. The van der Waals surface area contributed by atoms with E-state index in [1.54, 1.807) is 0 Å². The van der Waals surface area contributed by atoms with Crippen molar-refractivity contribution in [2.45, 2.75) is 0 Å². The second kappa shape index (κ2) is 8.48. The summed E-state index contributed by atoms with van der Waals surface area (Å²) in [6.45, 7) is 0. The first kappa shape index (κ1) is 22.3. The van der Waals surface area contributed by atoms with Crippen LogP contribution in [0.1, 0.15) is 0 Å². The summed E-state index contributed by atoms with van der Waals surface area (Å²) in [7, 11) is 0. The highest BCUT2D eigenvalue weighted by Crippen LogP contribution is 2.42. The molecule has 4 heterocycles. The van der Waals surface area contributed by atoms with Crippen molar-refractivity contribution in [2.24, 2.45) is 0 Å². The molecule has 0 saturated carbocycles. The molecule has 0 radical (unpaired) electrons. The Morgan fingerprint density at radius 2 is 0.902 bits per heavy atom. The highest BCUT2D eigenvalue weighted by Gasteiger charge is 2.23. The SMILES string of the molecule is c1ccc(-c2c3c(c4ccccc4n3-c3cccc(-n4c5ccccc5c5ccccc54)c3)n3ccccc23)cc1. The van der Waals surface area contributed by atoms with Crippen LogP contribution in [0.25, 0.3) is 71.8 Å². The molecule has 0 aliphatic heterocycles. The van der Waals surface area contributed by atoms with Crippen LogP contribution in [0.2, 0.25) is 0 Å². The molecule has 0 unspecified atom stereocenters.